The highest BCUT2D eigenvalue weighted by molar-refractivity contribution is 5.76. The summed E-state index contributed by atoms with van der Waals surface area (Å²) in [6.45, 7) is 7.26. The van der Waals surface area contributed by atoms with Crippen LogP contribution in [0.4, 0.5) is 0 Å². The minimum absolute atomic E-state index is 0.250. The third-order valence-electron chi connectivity index (χ3n) is 5.23. The summed E-state index contributed by atoms with van der Waals surface area (Å²) in [7, 11) is 0. The predicted octanol–water partition coefficient (Wildman–Crippen LogP) is 1.48. The van der Waals surface area contributed by atoms with Crippen molar-refractivity contribution in [3.05, 3.63) is 29.2 Å². The van der Waals surface area contributed by atoms with E-state index in [4.69, 9.17) is 9.90 Å². The maximum atomic E-state index is 11.9. The Kier molecular flexibility index (Phi) is 7.09. The van der Waals surface area contributed by atoms with E-state index in [1.165, 1.54) is 0 Å². The van der Waals surface area contributed by atoms with Crippen molar-refractivity contribution in [1.29, 1.82) is 0 Å². The molecule has 1 aliphatic heterocycles. The number of aliphatic hydroxyl groups excluding tert-OH is 1. The molecule has 3 N–H and O–H groups in total. The summed E-state index contributed by atoms with van der Waals surface area (Å²) >= 11 is 0. The molecule has 3 rings (SSSR count). The summed E-state index contributed by atoms with van der Waals surface area (Å²) in [6, 6.07) is 1.98. The van der Waals surface area contributed by atoms with E-state index in [-0.39, 0.29) is 6.47 Å². The first-order valence-corrected chi connectivity index (χ1v) is 9.31. The van der Waals surface area contributed by atoms with Crippen molar-refractivity contribution in [1.82, 2.24) is 19.5 Å². The fourth-order valence-corrected chi connectivity index (χ4v) is 3.98. The molecule has 3 heterocycles. The van der Waals surface area contributed by atoms with E-state index < -0.39 is 17.5 Å². The van der Waals surface area contributed by atoms with E-state index in [1.807, 2.05) is 37.5 Å². The van der Waals surface area contributed by atoms with Crippen LogP contribution in [0.25, 0.3) is 5.65 Å². The lowest BCUT2D eigenvalue weighted by Gasteiger charge is -2.43. The summed E-state index contributed by atoms with van der Waals surface area (Å²) in [5.41, 5.74) is 2.68. The average Bonchev–Trinajstić information content (AvgIpc) is 3.01. The van der Waals surface area contributed by atoms with E-state index in [9.17, 15) is 15.0 Å². The molecule has 9 nitrogen and oxygen atoms in total. The molecule has 0 aromatic carbocycles. The SMILES string of the molecule is CCC[C@@]1(C(=O)O)CN(Cc2cnn3c(C)cc(C)nc23)CC[C@@H]1O.O=CO. The molecule has 28 heavy (non-hydrogen) atoms. The van der Waals surface area contributed by atoms with Crippen LogP contribution in [0.2, 0.25) is 0 Å². The zero-order valence-corrected chi connectivity index (χ0v) is 16.5. The molecule has 2 aromatic rings. The topological polar surface area (TPSA) is 128 Å². The number of rotatable bonds is 5. The van der Waals surface area contributed by atoms with Crippen LogP contribution in [0.15, 0.2) is 12.3 Å². The van der Waals surface area contributed by atoms with Crippen LogP contribution in [0.5, 0.6) is 0 Å². The van der Waals surface area contributed by atoms with E-state index >= 15 is 0 Å². The fourth-order valence-electron chi connectivity index (χ4n) is 3.98. The van der Waals surface area contributed by atoms with Gasteiger partial charge in [0.1, 0.15) is 5.41 Å². The summed E-state index contributed by atoms with van der Waals surface area (Å²) in [5, 5.41) is 31.4. The molecule has 1 fully saturated rings. The number of hydrogen-bond acceptors (Lipinski definition) is 6. The Morgan fingerprint density at radius 3 is 2.71 bits per heavy atom. The Morgan fingerprint density at radius 2 is 2.11 bits per heavy atom. The van der Waals surface area contributed by atoms with Gasteiger partial charge in [-0.3, -0.25) is 14.5 Å². The van der Waals surface area contributed by atoms with Crippen LogP contribution in [0.1, 0.15) is 43.1 Å². The third kappa shape index (κ3) is 4.31. The molecule has 0 radical (unpaired) electrons. The van der Waals surface area contributed by atoms with Crippen molar-refractivity contribution in [2.75, 3.05) is 13.1 Å². The minimum Gasteiger partial charge on any atom is -0.483 e. The predicted molar refractivity (Wildman–Crippen MR) is 102 cm³/mol. The number of nitrogens with zero attached hydrogens (tertiary/aromatic N) is 4. The second-order valence-corrected chi connectivity index (χ2v) is 7.28. The van der Waals surface area contributed by atoms with Gasteiger partial charge in [-0.25, -0.2) is 9.50 Å². The van der Waals surface area contributed by atoms with Crippen molar-refractivity contribution < 1.29 is 24.9 Å². The minimum atomic E-state index is -1.09. The van der Waals surface area contributed by atoms with Crippen LogP contribution in [0.3, 0.4) is 0 Å². The van der Waals surface area contributed by atoms with Gasteiger partial charge in [-0.15, -0.1) is 0 Å². The Hall–Kier alpha value is -2.52. The maximum Gasteiger partial charge on any atom is 0.313 e. The highest BCUT2D eigenvalue weighted by Gasteiger charge is 2.48. The van der Waals surface area contributed by atoms with Crippen molar-refractivity contribution in [3.8, 4) is 0 Å². The molecule has 1 aliphatic rings. The standard InChI is InChI=1S/C18H26N4O3.CH2O2/c1-4-6-18(17(24)25)11-21(7-5-15(18)23)10-14-9-19-22-13(3)8-12(2)20-16(14)22;2-1-3/h8-9,15,23H,4-7,10-11H2,1-3H3,(H,24,25);1H,(H,2,3)/t15-,18+;/m0./s1. The zero-order chi connectivity index (χ0) is 20.9. The Bertz CT molecular complexity index is 837. The van der Waals surface area contributed by atoms with Crippen LogP contribution in [-0.2, 0) is 16.1 Å². The quantitative estimate of drug-likeness (QED) is 0.653. The number of likely N-dealkylation sites (tertiary alicyclic amines) is 1. The first-order valence-electron chi connectivity index (χ1n) is 9.31. The van der Waals surface area contributed by atoms with Gasteiger partial charge in [-0.2, -0.15) is 5.10 Å². The fraction of sp³-hybridized carbons (Fsp3) is 0.579. The van der Waals surface area contributed by atoms with Crippen LogP contribution in [0, 0.1) is 19.3 Å². The number of carboxylic acids is 1. The molecule has 0 spiro atoms. The number of aryl methyl sites for hydroxylation is 2. The van der Waals surface area contributed by atoms with E-state index in [2.05, 4.69) is 15.0 Å². The lowest BCUT2D eigenvalue weighted by Crippen LogP contribution is -2.55. The van der Waals surface area contributed by atoms with E-state index in [0.29, 0.717) is 32.5 Å². The number of aliphatic carboxylic acids is 1. The number of carbonyl (C=O) groups is 2. The molecular formula is C19H28N4O5. The molecule has 0 unspecified atom stereocenters. The molecule has 0 amide bonds. The van der Waals surface area contributed by atoms with Crippen molar-refractivity contribution in [2.45, 2.75) is 52.7 Å². The molecule has 1 saturated heterocycles. The van der Waals surface area contributed by atoms with Gasteiger partial charge in [0.05, 0.1) is 12.3 Å². The van der Waals surface area contributed by atoms with E-state index in [0.717, 1.165) is 29.0 Å². The lowest BCUT2D eigenvalue weighted by molar-refractivity contribution is -0.164. The Balaban J connectivity index is 0.000000878. The highest BCUT2D eigenvalue weighted by Crippen LogP contribution is 2.36. The molecule has 154 valence electrons. The van der Waals surface area contributed by atoms with Gasteiger partial charge in [-0.05, 0) is 32.8 Å². The molecule has 0 aliphatic carbocycles. The van der Waals surface area contributed by atoms with Crippen LogP contribution < -0.4 is 0 Å². The summed E-state index contributed by atoms with van der Waals surface area (Å²) in [4.78, 5) is 27.0. The highest BCUT2D eigenvalue weighted by atomic mass is 16.4. The van der Waals surface area contributed by atoms with E-state index in [1.54, 1.807) is 0 Å². The Labute approximate surface area is 163 Å². The molecule has 2 atom stereocenters. The lowest BCUT2D eigenvalue weighted by atomic mass is 9.74. The number of hydrogen-bond donors (Lipinski definition) is 3. The molecule has 0 saturated carbocycles. The van der Waals surface area contributed by atoms with Crippen molar-refractivity contribution in [2.24, 2.45) is 5.41 Å². The second kappa shape index (κ2) is 9.11. The summed E-state index contributed by atoms with van der Waals surface area (Å²) in [6.07, 6.45) is 2.69. The zero-order valence-electron chi connectivity index (χ0n) is 16.5. The smallest absolute Gasteiger partial charge is 0.313 e. The Morgan fingerprint density at radius 1 is 1.43 bits per heavy atom. The van der Waals surface area contributed by atoms with Gasteiger partial charge in [0.15, 0.2) is 5.65 Å². The molecule has 2 aromatic heterocycles. The van der Waals surface area contributed by atoms with Gasteiger partial charge in [0.25, 0.3) is 6.47 Å². The number of aliphatic hydroxyl groups is 1. The van der Waals surface area contributed by atoms with Crippen LogP contribution in [-0.4, -0.2) is 66.5 Å². The van der Waals surface area contributed by atoms with Gasteiger partial charge < -0.3 is 15.3 Å². The van der Waals surface area contributed by atoms with Gasteiger partial charge in [0.2, 0.25) is 0 Å². The third-order valence-corrected chi connectivity index (χ3v) is 5.23. The second-order valence-electron chi connectivity index (χ2n) is 7.28. The normalized spacial score (nSPS) is 22.5. The molecule has 0 bridgehead atoms. The summed E-state index contributed by atoms with van der Waals surface area (Å²) < 4.78 is 1.82. The largest absolute Gasteiger partial charge is 0.483 e. The number of fused-ring (bicyclic) bond motifs is 1. The van der Waals surface area contributed by atoms with Crippen LogP contribution >= 0.6 is 0 Å². The molecular weight excluding hydrogens is 364 g/mol. The average molecular weight is 392 g/mol. The van der Waals surface area contributed by atoms with Gasteiger partial charge >= 0.3 is 5.97 Å². The molecule has 9 heteroatoms. The first-order chi connectivity index (χ1) is 13.3. The van der Waals surface area contributed by atoms with Crippen molar-refractivity contribution in [3.63, 3.8) is 0 Å². The van der Waals surface area contributed by atoms with Gasteiger partial charge in [0, 0.05) is 36.6 Å². The number of piperidine rings is 1. The maximum absolute atomic E-state index is 11.9. The monoisotopic (exact) mass is 392 g/mol. The summed E-state index contributed by atoms with van der Waals surface area (Å²) in [5.74, 6) is -0.906. The van der Waals surface area contributed by atoms with Gasteiger partial charge in [-0.1, -0.05) is 13.3 Å². The first kappa shape index (κ1) is 21.8. The number of aromatic nitrogens is 3. The number of carboxylic acid groups (broad SMARTS) is 2. The van der Waals surface area contributed by atoms with Crippen molar-refractivity contribution >= 4 is 18.1 Å².